The number of nitrogens with zero attached hydrogens (tertiary/aromatic N) is 3. The van der Waals surface area contributed by atoms with Crippen LogP contribution in [0.2, 0.25) is 0 Å². The molecule has 0 aliphatic carbocycles. The Labute approximate surface area is 139 Å². The minimum atomic E-state index is -1.04. The van der Waals surface area contributed by atoms with Crippen molar-refractivity contribution in [2.45, 2.75) is 12.8 Å². The topological polar surface area (TPSA) is 92.6 Å². The molecule has 2 aromatic rings. The number of carboxylic acids is 1. The third-order valence-electron chi connectivity index (χ3n) is 4.45. The Morgan fingerprint density at radius 1 is 1.29 bits per heavy atom. The lowest BCUT2D eigenvalue weighted by Gasteiger charge is -2.39. The maximum atomic E-state index is 12.8. The van der Waals surface area contributed by atoms with Crippen molar-refractivity contribution in [2.75, 3.05) is 26.8 Å². The first-order chi connectivity index (χ1) is 11.6. The van der Waals surface area contributed by atoms with E-state index in [4.69, 9.17) is 4.74 Å². The van der Waals surface area contributed by atoms with Gasteiger partial charge in [0.25, 0.3) is 5.91 Å². The van der Waals surface area contributed by atoms with E-state index in [-0.39, 0.29) is 19.1 Å². The van der Waals surface area contributed by atoms with Crippen LogP contribution in [0.1, 0.15) is 23.2 Å². The second-order valence-corrected chi connectivity index (χ2v) is 6.11. The minimum Gasteiger partial charge on any atom is -0.481 e. The second kappa shape index (κ2) is 6.52. The highest BCUT2D eigenvalue weighted by atomic mass is 16.5. The lowest BCUT2D eigenvalue weighted by atomic mass is 9.80. The van der Waals surface area contributed by atoms with Gasteiger partial charge in [-0.15, -0.1) is 0 Å². The number of ether oxygens (including phenoxy) is 1. The normalized spacial score (nSPS) is 21.0. The zero-order chi connectivity index (χ0) is 17.2. The summed E-state index contributed by atoms with van der Waals surface area (Å²) < 4.78 is 5.10. The molecular formula is C17H19N3O4. The Morgan fingerprint density at radius 3 is 2.75 bits per heavy atom. The Morgan fingerprint density at radius 2 is 2.04 bits per heavy atom. The van der Waals surface area contributed by atoms with Crippen molar-refractivity contribution in [3.8, 4) is 0 Å². The first-order valence-corrected chi connectivity index (χ1v) is 7.78. The van der Waals surface area contributed by atoms with Crippen LogP contribution in [-0.2, 0) is 9.53 Å². The predicted octanol–water partition coefficient (Wildman–Crippen LogP) is 1.58. The average Bonchev–Trinajstić information content (AvgIpc) is 2.61. The van der Waals surface area contributed by atoms with Gasteiger partial charge in [0, 0.05) is 38.2 Å². The van der Waals surface area contributed by atoms with Crippen LogP contribution in [0, 0.1) is 5.41 Å². The van der Waals surface area contributed by atoms with E-state index >= 15 is 0 Å². The number of benzene rings is 1. The molecule has 1 aliphatic rings. The molecule has 0 bridgehead atoms. The molecule has 3 rings (SSSR count). The van der Waals surface area contributed by atoms with Crippen molar-refractivity contribution in [3.63, 3.8) is 0 Å². The number of rotatable bonds is 4. The van der Waals surface area contributed by atoms with Crippen LogP contribution in [0.3, 0.4) is 0 Å². The van der Waals surface area contributed by atoms with E-state index in [1.54, 1.807) is 35.5 Å². The maximum absolute atomic E-state index is 12.8. The van der Waals surface area contributed by atoms with Crippen LogP contribution < -0.4 is 0 Å². The number of fused-ring (bicyclic) bond motifs is 1. The lowest BCUT2D eigenvalue weighted by Crippen LogP contribution is -2.52. The molecule has 24 heavy (non-hydrogen) atoms. The molecule has 2 heterocycles. The molecule has 0 spiro atoms. The van der Waals surface area contributed by atoms with Gasteiger partial charge in [-0.05, 0) is 31.0 Å². The number of hydrogen-bond acceptors (Lipinski definition) is 5. The highest BCUT2D eigenvalue weighted by Crippen LogP contribution is 2.31. The van der Waals surface area contributed by atoms with Gasteiger partial charge in [0.15, 0.2) is 0 Å². The molecule has 0 saturated carbocycles. The van der Waals surface area contributed by atoms with Gasteiger partial charge < -0.3 is 14.7 Å². The zero-order valence-electron chi connectivity index (χ0n) is 13.4. The summed E-state index contributed by atoms with van der Waals surface area (Å²) in [4.78, 5) is 34.5. The van der Waals surface area contributed by atoms with Crippen molar-refractivity contribution in [2.24, 2.45) is 5.41 Å². The molecule has 1 aromatic carbocycles. The summed E-state index contributed by atoms with van der Waals surface area (Å²) in [6, 6.07) is 5.14. The summed E-state index contributed by atoms with van der Waals surface area (Å²) in [5.41, 5.74) is 0.801. The standard InChI is InChI=1S/C17H19N3O4/c1-24-11-17(16(22)23)5-2-8-20(10-17)15(21)12-3-4-13-14(9-12)19-7-6-18-13/h3-4,6-7,9H,2,5,8,10-11H2,1H3,(H,22,23). The summed E-state index contributed by atoms with van der Waals surface area (Å²) >= 11 is 0. The van der Waals surface area contributed by atoms with Crippen molar-refractivity contribution in [3.05, 3.63) is 36.2 Å². The van der Waals surface area contributed by atoms with E-state index in [9.17, 15) is 14.7 Å². The van der Waals surface area contributed by atoms with Gasteiger partial charge in [-0.25, -0.2) is 0 Å². The van der Waals surface area contributed by atoms with Crippen LogP contribution in [-0.4, -0.2) is 58.7 Å². The summed E-state index contributed by atoms with van der Waals surface area (Å²) in [5.74, 6) is -1.12. The van der Waals surface area contributed by atoms with Crippen molar-refractivity contribution < 1.29 is 19.4 Å². The molecule has 7 nitrogen and oxygen atoms in total. The Hall–Kier alpha value is -2.54. The van der Waals surface area contributed by atoms with E-state index in [1.165, 1.54) is 7.11 Å². The van der Waals surface area contributed by atoms with E-state index < -0.39 is 11.4 Å². The van der Waals surface area contributed by atoms with Gasteiger partial charge in [0.1, 0.15) is 5.41 Å². The number of aromatic nitrogens is 2. The van der Waals surface area contributed by atoms with E-state index in [1.807, 2.05) is 0 Å². The number of methoxy groups -OCH3 is 1. The van der Waals surface area contributed by atoms with E-state index in [0.717, 1.165) is 0 Å². The number of carboxylic acid groups (broad SMARTS) is 1. The summed E-state index contributed by atoms with van der Waals surface area (Å²) in [5, 5.41) is 9.60. The highest BCUT2D eigenvalue weighted by Gasteiger charge is 2.44. The smallest absolute Gasteiger partial charge is 0.313 e. The quantitative estimate of drug-likeness (QED) is 0.915. The number of carbonyl (C=O) groups is 2. The molecule has 1 N–H and O–H groups in total. The Balaban J connectivity index is 1.86. The van der Waals surface area contributed by atoms with Crippen molar-refractivity contribution in [1.82, 2.24) is 14.9 Å². The monoisotopic (exact) mass is 329 g/mol. The third-order valence-corrected chi connectivity index (χ3v) is 4.45. The van der Waals surface area contributed by atoms with Gasteiger partial charge in [-0.1, -0.05) is 0 Å². The largest absolute Gasteiger partial charge is 0.481 e. The first-order valence-electron chi connectivity index (χ1n) is 7.78. The van der Waals surface area contributed by atoms with Crippen LogP contribution in [0.4, 0.5) is 0 Å². The molecular weight excluding hydrogens is 310 g/mol. The fourth-order valence-electron chi connectivity index (χ4n) is 3.21. The van der Waals surface area contributed by atoms with Crippen LogP contribution in [0.15, 0.2) is 30.6 Å². The fraction of sp³-hybridized carbons (Fsp3) is 0.412. The van der Waals surface area contributed by atoms with Gasteiger partial charge in [-0.2, -0.15) is 0 Å². The van der Waals surface area contributed by atoms with Gasteiger partial charge in [0.05, 0.1) is 17.6 Å². The highest BCUT2D eigenvalue weighted by molar-refractivity contribution is 5.97. The molecule has 1 aliphatic heterocycles. The lowest BCUT2D eigenvalue weighted by molar-refractivity contribution is -0.155. The number of hydrogen-bond donors (Lipinski definition) is 1. The molecule has 126 valence electrons. The Bertz CT molecular complexity index is 775. The fourth-order valence-corrected chi connectivity index (χ4v) is 3.21. The number of aliphatic carboxylic acids is 1. The molecule has 1 aromatic heterocycles. The number of amides is 1. The van der Waals surface area contributed by atoms with Crippen molar-refractivity contribution >= 4 is 22.9 Å². The van der Waals surface area contributed by atoms with Gasteiger partial charge >= 0.3 is 5.97 Å². The van der Waals surface area contributed by atoms with E-state index in [0.29, 0.717) is 36.0 Å². The number of carbonyl (C=O) groups excluding carboxylic acids is 1. The number of likely N-dealkylation sites (tertiary alicyclic amines) is 1. The molecule has 7 heteroatoms. The average molecular weight is 329 g/mol. The molecule has 0 radical (unpaired) electrons. The van der Waals surface area contributed by atoms with Gasteiger partial charge in [-0.3, -0.25) is 19.6 Å². The maximum Gasteiger partial charge on any atom is 0.313 e. The molecule has 1 amide bonds. The second-order valence-electron chi connectivity index (χ2n) is 6.11. The molecule has 1 unspecified atom stereocenters. The summed E-state index contributed by atoms with van der Waals surface area (Å²) in [6.07, 6.45) is 4.31. The third kappa shape index (κ3) is 2.94. The zero-order valence-corrected chi connectivity index (χ0v) is 13.4. The first kappa shape index (κ1) is 16.3. The molecule has 1 atom stereocenters. The van der Waals surface area contributed by atoms with Crippen LogP contribution >= 0.6 is 0 Å². The summed E-state index contributed by atoms with van der Waals surface area (Å²) in [7, 11) is 1.48. The van der Waals surface area contributed by atoms with Gasteiger partial charge in [0.2, 0.25) is 0 Å². The predicted molar refractivity (Wildman–Crippen MR) is 86.6 cm³/mol. The number of piperidine rings is 1. The van der Waals surface area contributed by atoms with E-state index in [2.05, 4.69) is 9.97 Å². The summed E-state index contributed by atoms with van der Waals surface area (Å²) in [6.45, 7) is 0.777. The van der Waals surface area contributed by atoms with Crippen molar-refractivity contribution in [1.29, 1.82) is 0 Å². The van der Waals surface area contributed by atoms with Crippen LogP contribution in [0.25, 0.3) is 11.0 Å². The Kier molecular flexibility index (Phi) is 4.44. The van der Waals surface area contributed by atoms with Crippen LogP contribution in [0.5, 0.6) is 0 Å². The molecule has 1 fully saturated rings. The minimum absolute atomic E-state index is 0.0926. The SMILES string of the molecule is COCC1(C(=O)O)CCCN(C(=O)c2ccc3nccnc3c2)C1. The molecule has 1 saturated heterocycles.